The highest BCUT2D eigenvalue weighted by atomic mass is 32.1. The molecule has 0 amide bonds. The van der Waals surface area contributed by atoms with E-state index in [9.17, 15) is 5.11 Å². The molecule has 2 heterocycles. The molecule has 2 saturated carbocycles. The Kier molecular flexibility index (Phi) is 5.47. The van der Waals surface area contributed by atoms with Crippen molar-refractivity contribution in [3.63, 3.8) is 0 Å². The average Bonchev–Trinajstić information content (AvgIpc) is 3.31. The Hall–Kier alpha value is -3.12. The van der Waals surface area contributed by atoms with E-state index in [1.807, 2.05) is 24.1 Å². The van der Waals surface area contributed by atoms with E-state index in [2.05, 4.69) is 20.2 Å². The van der Waals surface area contributed by atoms with Crippen LogP contribution in [0.5, 0.6) is 5.75 Å². The lowest BCUT2D eigenvalue weighted by molar-refractivity contribution is 0.0656. The van der Waals surface area contributed by atoms with Crippen LogP contribution >= 0.6 is 11.3 Å². The molecule has 164 valence electrons. The zero-order chi connectivity index (χ0) is 22.2. The minimum atomic E-state index is -0.858. The summed E-state index contributed by atoms with van der Waals surface area (Å²) in [6.07, 6.45) is 7.47. The highest BCUT2D eigenvalue weighted by Crippen LogP contribution is 2.43. The third kappa shape index (κ3) is 3.79. The Balaban J connectivity index is 1.35. The predicted molar refractivity (Wildman–Crippen MR) is 120 cm³/mol. The molecule has 7 nitrogen and oxygen atoms in total. The standard InChI is InChI=1S/C23H23FN6OS/c1-30(17-8-13-3-2-4-15(7-13)22(17)24)20-12-27-23(29-28-20)16-6-5-14(9-18(16)31)19-11-26-21(10-25)32-19/h5-6,9,11-13,15,17,22,31H,2-4,7-8H2,1H3/t13-,15+,17+,22-/m1/s1. The van der Waals surface area contributed by atoms with Crippen molar-refractivity contribution < 1.29 is 9.50 Å². The van der Waals surface area contributed by atoms with E-state index in [4.69, 9.17) is 5.26 Å². The number of thiazole rings is 1. The zero-order valence-corrected chi connectivity index (χ0v) is 18.5. The number of alkyl halides is 1. The van der Waals surface area contributed by atoms with E-state index in [0.29, 0.717) is 28.1 Å². The van der Waals surface area contributed by atoms with E-state index in [0.717, 1.165) is 36.1 Å². The second-order valence-corrected chi connectivity index (χ2v) is 9.70. The molecule has 0 aliphatic heterocycles. The molecule has 0 unspecified atom stereocenters. The summed E-state index contributed by atoms with van der Waals surface area (Å²) in [5, 5.41) is 28.3. The lowest BCUT2D eigenvalue weighted by atomic mass is 9.69. The van der Waals surface area contributed by atoms with Crippen LogP contribution in [-0.2, 0) is 0 Å². The monoisotopic (exact) mass is 450 g/mol. The Labute approximate surface area is 189 Å². The number of fused-ring (bicyclic) bond motifs is 2. The molecule has 2 bridgehead atoms. The number of hydrogen-bond donors (Lipinski definition) is 1. The van der Waals surface area contributed by atoms with Gasteiger partial charge in [-0.2, -0.15) is 5.26 Å². The number of phenolic OH excluding ortho intramolecular Hbond substituents is 1. The molecule has 1 N–H and O–H groups in total. The molecule has 2 aromatic heterocycles. The van der Waals surface area contributed by atoms with Gasteiger partial charge in [0.2, 0.25) is 0 Å². The largest absolute Gasteiger partial charge is 0.507 e. The maximum Gasteiger partial charge on any atom is 0.194 e. The number of nitrogens with zero attached hydrogens (tertiary/aromatic N) is 6. The van der Waals surface area contributed by atoms with E-state index in [1.165, 1.54) is 17.8 Å². The maximum atomic E-state index is 15.1. The van der Waals surface area contributed by atoms with Crippen LogP contribution in [0.4, 0.5) is 10.2 Å². The second-order valence-electron chi connectivity index (χ2n) is 8.66. The number of aromatic hydroxyl groups is 1. The first-order valence-electron chi connectivity index (χ1n) is 10.8. The minimum Gasteiger partial charge on any atom is -0.507 e. The van der Waals surface area contributed by atoms with E-state index in [-0.39, 0.29) is 17.7 Å². The van der Waals surface area contributed by atoms with Gasteiger partial charge in [-0.1, -0.05) is 18.9 Å². The van der Waals surface area contributed by atoms with Crippen LogP contribution in [0.3, 0.4) is 0 Å². The summed E-state index contributed by atoms with van der Waals surface area (Å²) in [5.41, 5.74) is 1.21. The fraction of sp³-hybridized carbons (Fsp3) is 0.435. The molecule has 0 radical (unpaired) electrons. The first-order valence-corrected chi connectivity index (χ1v) is 11.6. The van der Waals surface area contributed by atoms with Crippen molar-refractivity contribution in [2.24, 2.45) is 11.8 Å². The third-order valence-corrected chi connectivity index (χ3v) is 7.70. The summed E-state index contributed by atoms with van der Waals surface area (Å²) >= 11 is 1.26. The minimum absolute atomic E-state index is 0.0150. The van der Waals surface area contributed by atoms with Crippen LogP contribution in [0.15, 0.2) is 30.6 Å². The molecule has 4 atom stereocenters. The summed E-state index contributed by atoms with van der Waals surface area (Å²) in [4.78, 5) is 11.1. The molecule has 1 aromatic carbocycles. The normalized spacial score (nSPS) is 24.7. The van der Waals surface area contributed by atoms with Crippen LogP contribution in [0.2, 0.25) is 0 Å². The van der Waals surface area contributed by atoms with Gasteiger partial charge in [0.15, 0.2) is 16.6 Å². The lowest BCUT2D eigenvalue weighted by Crippen LogP contribution is -2.49. The van der Waals surface area contributed by atoms with Crippen LogP contribution in [0, 0.1) is 23.2 Å². The molecule has 5 rings (SSSR count). The molecule has 32 heavy (non-hydrogen) atoms. The van der Waals surface area contributed by atoms with Crippen molar-refractivity contribution in [3.05, 3.63) is 35.6 Å². The summed E-state index contributed by atoms with van der Waals surface area (Å²) in [6.45, 7) is 0. The molecule has 2 fully saturated rings. The van der Waals surface area contributed by atoms with Gasteiger partial charge in [0.25, 0.3) is 0 Å². The quantitative estimate of drug-likeness (QED) is 0.620. The highest BCUT2D eigenvalue weighted by molar-refractivity contribution is 7.15. The molecule has 0 spiro atoms. The summed E-state index contributed by atoms with van der Waals surface area (Å²) in [7, 11) is 1.86. The van der Waals surface area contributed by atoms with Gasteiger partial charge in [0, 0.05) is 13.2 Å². The van der Waals surface area contributed by atoms with Gasteiger partial charge >= 0.3 is 0 Å². The van der Waals surface area contributed by atoms with Crippen LogP contribution in [0.25, 0.3) is 21.8 Å². The van der Waals surface area contributed by atoms with Crippen molar-refractivity contribution in [2.75, 3.05) is 11.9 Å². The molecular weight excluding hydrogens is 427 g/mol. The molecule has 2 aliphatic carbocycles. The highest BCUT2D eigenvalue weighted by Gasteiger charge is 2.42. The molecule has 3 aromatic rings. The van der Waals surface area contributed by atoms with Gasteiger partial charge in [-0.25, -0.2) is 14.4 Å². The molecule has 9 heteroatoms. The van der Waals surface area contributed by atoms with Crippen LogP contribution in [0.1, 0.15) is 37.1 Å². The Morgan fingerprint density at radius 1 is 1.19 bits per heavy atom. The molecule has 0 saturated heterocycles. The number of anilines is 1. The zero-order valence-electron chi connectivity index (χ0n) is 17.6. The van der Waals surface area contributed by atoms with Gasteiger partial charge in [-0.3, -0.25) is 0 Å². The summed E-state index contributed by atoms with van der Waals surface area (Å²) in [6, 6.07) is 6.95. The van der Waals surface area contributed by atoms with Crippen LogP contribution < -0.4 is 4.90 Å². The number of nitriles is 1. The SMILES string of the molecule is CN(c1cnc(-c2ccc(-c3cnc(C#N)s3)cc2O)nn1)[C@H]1C[C@@H]2CCC[C@@H](C2)[C@H]1F. The van der Waals surface area contributed by atoms with Gasteiger partial charge in [-0.05, 0) is 48.8 Å². The van der Waals surface area contributed by atoms with E-state index < -0.39 is 6.17 Å². The average molecular weight is 451 g/mol. The number of benzene rings is 1. The van der Waals surface area contributed by atoms with Crippen molar-refractivity contribution in [1.82, 2.24) is 20.2 Å². The van der Waals surface area contributed by atoms with E-state index in [1.54, 1.807) is 24.5 Å². The summed E-state index contributed by atoms with van der Waals surface area (Å²) < 4.78 is 15.1. The second kappa shape index (κ2) is 8.43. The summed E-state index contributed by atoms with van der Waals surface area (Å²) in [5.74, 6) is 1.58. The van der Waals surface area contributed by atoms with Crippen molar-refractivity contribution >= 4 is 17.2 Å². The van der Waals surface area contributed by atoms with Gasteiger partial charge < -0.3 is 10.0 Å². The van der Waals surface area contributed by atoms with Crippen molar-refractivity contribution in [3.8, 4) is 33.6 Å². The predicted octanol–water partition coefficient (Wildman–Crippen LogP) is 4.59. The van der Waals surface area contributed by atoms with E-state index >= 15 is 4.39 Å². The third-order valence-electron chi connectivity index (χ3n) is 6.75. The fourth-order valence-corrected chi connectivity index (χ4v) is 5.76. The number of phenols is 1. The fourth-order valence-electron chi connectivity index (χ4n) is 5.05. The first kappa shape index (κ1) is 20.8. The number of aromatic nitrogens is 4. The molecular formula is C23H23FN6OS. The first-order chi connectivity index (χ1) is 15.5. The maximum absolute atomic E-state index is 15.1. The van der Waals surface area contributed by atoms with Crippen LogP contribution in [-0.4, -0.2) is 44.5 Å². The topological polar surface area (TPSA) is 98.8 Å². The smallest absolute Gasteiger partial charge is 0.194 e. The Bertz CT molecular complexity index is 1160. The number of hydrogen-bond acceptors (Lipinski definition) is 8. The van der Waals surface area contributed by atoms with Crippen molar-refractivity contribution in [2.45, 2.75) is 44.3 Å². The van der Waals surface area contributed by atoms with Gasteiger partial charge in [0.05, 0.1) is 22.7 Å². The molecule has 2 aliphatic rings. The number of halogens is 1. The van der Waals surface area contributed by atoms with Gasteiger partial charge in [-0.15, -0.1) is 21.5 Å². The lowest BCUT2D eigenvalue weighted by Gasteiger charge is -2.45. The van der Waals surface area contributed by atoms with Gasteiger partial charge in [0.1, 0.15) is 18.0 Å². The van der Waals surface area contributed by atoms with Crippen molar-refractivity contribution in [1.29, 1.82) is 5.26 Å². The Morgan fingerprint density at radius 2 is 2.06 bits per heavy atom. The Morgan fingerprint density at radius 3 is 2.78 bits per heavy atom. The number of rotatable bonds is 4.